The van der Waals surface area contributed by atoms with Gasteiger partial charge in [-0.3, -0.25) is 9.59 Å². The molecule has 0 aromatic heterocycles. The zero-order chi connectivity index (χ0) is 15.9. The van der Waals surface area contributed by atoms with Crippen LogP contribution in [0.1, 0.15) is 25.3 Å². The number of hydrogen-bond donors (Lipinski definition) is 1. The van der Waals surface area contributed by atoms with Crippen LogP contribution in [0.15, 0.2) is 30.3 Å². The minimum absolute atomic E-state index is 0.0651. The maximum absolute atomic E-state index is 12.5. The normalized spacial score (nSPS) is 19.2. The fraction of sp³-hybridized carbons (Fsp3) is 0.529. The molecule has 1 fully saturated rings. The maximum Gasteiger partial charge on any atom is 0.236 e. The van der Waals surface area contributed by atoms with Crippen molar-refractivity contribution in [1.82, 2.24) is 15.1 Å². The topological polar surface area (TPSA) is 52.7 Å². The van der Waals surface area contributed by atoms with Gasteiger partial charge in [0, 0.05) is 32.1 Å². The zero-order valence-corrected chi connectivity index (χ0v) is 13.4. The molecule has 5 nitrogen and oxygen atoms in total. The fourth-order valence-corrected chi connectivity index (χ4v) is 2.86. The van der Waals surface area contributed by atoms with Gasteiger partial charge in [-0.2, -0.15) is 0 Å². The molecule has 1 N–H and O–H groups in total. The number of rotatable bonds is 5. The quantitative estimate of drug-likeness (QED) is 0.890. The smallest absolute Gasteiger partial charge is 0.236 e. The monoisotopic (exact) mass is 303 g/mol. The molecule has 1 aromatic rings. The van der Waals surface area contributed by atoms with Crippen LogP contribution in [0.2, 0.25) is 0 Å². The molecule has 0 spiro atoms. The fourth-order valence-electron chi connectivity index (χ4n) is 2.86. The van der Waals surface area contributed by atoms with E-state index in [2.05, 4.69) is 12.2 Å². The SMILES string of the molecule is CC[C@H]1CN(C(=O)CNC)CCC(=O)N1Cc1ccccc1. The highest BCUT2D eigenvalue weighted by Gasteiger charge is 2.30. The molecule has 1 heterocycles. The first kappa shape index (κ1) is 16.5. The van der Waals surface area contributed by atoms with Crippen molar-refractivity contribution in [1.29, 1.82) is 0 Å². The Hall–Kier alpha value is -1.88. The summed E-state index contributed by atoms with van der Waals surface area (Å²) in [6, 6.07) is 10.1. The van der Waals surface area contributed by atoms with Crippen LogP contribution in [-0.4, -0.2) is 54.3 Å². The summed E-state index contributed by atoms with van der Waals surface area (Å²) in [4.78, 5) is 28.3. The Morgan fingerprint density at radius 3 is 2.68 bits per heavy atom. The molecule has 1 aromatic carbocycles. The van der Waals surface area contributed by atoms with Crippen molar-refractivity contribution in [2.75, 3.05) is 26.7 Å². The Balaban J connectivity index is 2.12. The maximum atomic E-state index is 12.5. The molecule has 5 heteroatoms. The Bertz CT molecular complexity index is 504. The van der Waals surface area contributed by atoms with Gasteiger partial charge in [-0.1, -0.05) is 37.3 Å². The molecule has 0 radical (unpaired) electrons. The van der Waals surface area contributed by atoms with E-state index in [-0.39, 0.29) is 17.9 Å². The summed E-state index contributed by atoms with van der Waals surface area (Å²) in [6.07, 6.45) is 1.25. The van der Waals surface area contributed by atoms with Gasteiger partial charge in [0.05, 0.1) is 6.54 Å². The van der Waals surface area contributed by atoms with Gasteiger partial charge in [-0.25, -0.2) is 0 Å². The third kappa shape index (κ3) is 4.07. The number of benzene rings is 1. The van der Waals surface area contributed by atoms with Gasteiger partial charge >= 0.3 is 0 Å². The third-order valence-electron chi connectivity index (χ3n) is 4.14. The van der Waals surface area contributed by atoms with E-state index in [1.54, 1.807) is 7.05 Å². The highest BCUT2D eigenvalue weighted by Crippen LogP contribution is 2.17. The predicted molar refractivity (Wildman–Crippen MR) is 86.2 cm³/mol. The summed E-state index contributed by atoms with van der Waals surface area (Å²) in [5, 5.41) is 2.89. The van der Waals surface area contributed by atoms with Gasteiger partial charge in [-0.05, 0) is 19.0 Å². The predicted octanol–water partition coefficient (Wildman–Crippen LogP) is 1.25. The number of carbonyl (C=O) groups excluding carboxylic acids is 2. The van der Waals surface area contributed by atoms with Crippen molar-refractivity contribution in [2.24, 2.45) is 0 Å². The summed E-state index contributed by atoms with van der Waals surface area (Å²) < 4.78 is 0. The highest BCUT2D eigenvalue weighted by atomic mass is 16.2. The minimum atomic E-state index is 0.0651. The van der Waals surface area contributed by atoms with Crippen LogP contribution in [0, 0.1) is 0 Å². The summed E-state index contributed by atoms with van der Waals surface area (Å²) in [7, 11) is 1.76. The van der Waals surface area contributed by atoms with E-state index in [0.717, 1.165) is 12.0 Å². The number of nitrogens with one attached hydrogen (secondary N) is 1. The van der Waals surface area contributed by atoms with Crippen molar-refractivity contribution < 1.29 is 9.59 Å². The molecular formula is C17H25N3O2. The number of carbonyl (C=O) groups is 2. The average molecular weight is 303 g/mol. The molecule has 2 amide bonds. The average Bonchev–Trinajstić information content (AvgIpc) is 2.69. The number of nitrogens with zero attached hydrogens (tertiary/aromatic N) is 2. The molecule has 0 saturated carbocycles. The van der Waals surface area contributed by atoms with Gasteiger partial charge in [0.15, 0.2) is 0 Å². The Kier molecular flexibility index (Phi) is 5.95. The summed E-state index contributed by atoms with van der Waals surface area (Å²) in [6.45, 7) is 4.15. The van der Waals surface area contributed by atoms with Gasteiger partial charge in [-0.15, -0.1) is 0 Å². The van der Waals surface area contributed by atoms with Crippen molar-refractivity contribution in [2.45, 2.75) is 32.4 Å². The van der Waals surface area contributed by atoms with Crippen molar-refractivity contribution >= 4 is 11.8 Å². The molecule has 1 aliphatic rings. The third-order valence-corrected chi connectivity index (χ3v) is 4.14. The van der Waals surface area contributed by atoms with Crippen molar-refractivity contribution in [3.8, 4) is 0 Å². The van der Waals surface area contributed by atoms with Crippen LogP contribution >= 0.6 is 0 Å². The van der Waals surface area contributed by atoms with Crippen LogP contribution in [0.5, 0.6) is 0 Å². The lowest BCUT2D eigenvalue weighted by molar-refractivity contribution is -0.133. The van der Waals surface area contributed by atoms with Crippen molar-refractivity contribution in [3.63, 3.8) is 0 Å². The van der Waals surface area contributed by atoms with Gasteiger partial charge < -0.3 is 15.1 Å². The standard InChI is InChI=1S/C17H25N3O2/c1-3-15-13-19(17(22)11-18-2)10-9-16(21)20(15)12-14-7-5-4-6-8-14/h4-8,15,18H,3,9-13H2,1-2H3/t15-/m0/s1. The van der Waals surface area contributed by atoms with Crippen LogP contribution in [0.3, 0.4) is 0 Å². The number of hydrogen-bond acceptors (Lipinski definition) is 3. The first-order valence-corrected chi connectivity index (χ1v) is 7.91. The van der Waals surface area contributed by atoms with E-state index in [1.165, 1.54) is 0 Å². The van der Waals surface area contributed by atoms with E-state index >= 15 is 0 Å². The number of amides is 2. The Morgan fingerprint density at radius 1 is 1.32 bits per heavy atom. The summed E-state index contributed by atoms with van der Waals surface area (Å²) in [5.41, 5.74) is 1.13. The van der Waals surface area contributed by atoms with E-state index in [9.17, 15) is 9.59 Å². The molecule has 22 heavy (non-hydrogen) atoms. The van der Waals surface area contributed by atoms with Gasteiger partial charge in [0.1, 0.15) is 0 Å². The molecule has 2 rings (SSSR count). The second kappa shape index (κ2) is 7.94. The number of likely N-dealkylation sites (N-methyl/N-ethyl adjacent to an activating group) is 1. The molecule has 120 valence electrons. The lowest BCUT2D eigenvalue weighted by Crippen LogP contribution is -2.45. The largest absolute Gasteiger partial charge is 0.339 e. The molecule has 0 unspecified atom stereocenters. The van der Waals surface area contributed by atoms with Gasteiger partial charge in [0.2, 0.25) is 11.8 Å². The molecule has 1 saturated heterocycles. The minimum Gasteiger partial charge on any atom is -0.339 e. The lowest BCUT2D eigenvalue weighted by atomic mass is 10.1. The Morgan fingerprint density at radius 2 is 2.05 bits per heavy atom. The van der Waals surface area contributed by atoms with E-state index in [0.29, 0.717) is 32.6 Å². The molecular weight excluding hydrogens is 278 g/mol. The van der Waals surface area contributed by atoms with E-state index in [1.807, 2.05) is 40.1 Å². The van der Waals surface area contributed by atoms with Crippen LogP contribution in [-0.2, 0) is 16.1 Å². The summed E-state index contributed by atoms with van der Waals surface area (Å²) >= 11 is 0. The second-order valence-electron chi connectivity index (χ2n) is 5.69. The molecule has 0 bridgehead atoms. The van der Waals surface area contributed by atoms with Crippen LogP contribution < -0.4 is 5.32 Å². The van der Waals surface area contributed by atoms with Crippen LogP contribution in [0.25, 0.3) is 0 Å². The molecule has 1 aliphatic heterocycles. The van der Waals surface area contributed by atoms with Crippen molar-refractivity contribution in [3.05, 3.63) is 35.9 Å². The van der Waals surface area contributed by atoms with E-state index in [4.69, 9.17) is 0 Å². The highest BCUT2D eigenvalue weighted by molar-refractivity contribution is 5.81. The lowest BCUT2D eigenvalue weighted by Gasteiger charge is -2.31. The first-order chi connectivity index (χ1) is 10.7. The van der Waals surface area contributed by atoms with Gasteiger partial charge in [0.25, 0.3) is 0 Å². The Labute approximate surface area is 132 Å². The summed E-state index contributed by atoms with van der Waals surface area (Å²) in [5.74, 6) is 0.200. The molecule has 0 aliphatic carbocycles. The van der Waals surface area contributed by atoms with E-state index < -0.39 is 0 Å². The second-order valence-corrected chi connectivity index (χ2v) is 5.69. The molecule has 1 atom stereocenters. The zero-order valence-electron chi connectivity index (χ0n) is 13.4. The first-order valence-electron chi connectivity index (χ1n) is 7.91. The van der Waals surface area contributed by atoms with Crippen LogP contribution in [0.4, 0.5) is 0 Å².